The first-order valence-electron chi connectivity index (χ1n) is 8.22. The number of nitrogens with one attached hydrogen (secondary N) is 2. The highest BCUT2D eigenvalue weighted by atomic mass is 32.1. The molecule has 6 nitrogen and oxygen atoms in total. The number of hydrogen-bond acceptors (Lipinski definition) is 6. The molecule has 0 unspecified atom stereocenters. The van der Waals surface area contributed by atoms with E-state index in [1.807, 2.05) is 23.8 Å². The summed E-state index contributed by atoms with van der Waals surface area (Å²) in [5.41, 5.74) is 1.00. The molecule has 0 aliphatic carbocycles. The Morgan fingerprint density at radius 3 is 2.79 bits per heavy atom. The second-order valence-corrected chi connectivity index (χ2v) is 6.89. The minimum Gasteiger partial charge on any atom is -0.467 e. The van der Waals surface area contributed by atoms with Gasteiger partial charge in [0.25, 0.3) is 0 Å². The van der Waals surface area contributed by atoms with Crippen molar-refractivity contribution in [1.29, 1.82) is 0 Å². The van der Waals surface area contributed by atoms with Gasteiger partial charge in [0.1, 0.15) is 6.04 Å². The van der Waals surface area contributed by atoms with E-state index in [9.17, 15) is 9.59 Å². The van der Waals surface area contributed by atoms with Crippen LogP contribution in [0, 0.1) is 5.92 Å². The molecule has 4 atom stereocenters. The van der Waals surface area contributed by atoms with Crippen LogP contribution < -0.4 is 10.6 Å². The van der Waals surface area contributed by atoms with Crippen molar-refractivity contribution < 1.29 is 19.1 Å². The van der Waals surface area contributed by atoms with Gasteiger partial charge in [0, 0.05) is 19.6 Å². The van der Waals surface area contributed by atoms with E-state index in [-0.39, 0.29) is 24.0 Å². The summed E-state index contributed by atoms with van der Waals surface area (Å²) in [5, 5.41) is 10.1. The van der Waals surface area contributed by atoms with Gasteiger partial charge < -0.3 is 20.1 Å². The normalized spacial score (nSPS) is 21.0. The predicted molar refractivity (Wildman–Crippen MR) is 93.0 cm³/mol. The first kappa shape index (κ1) is 18.9. The molecule has 1 aliphatic rings. The number of carbonyl (C=O) groups excluding carboxylic acids is 2. The number of rotatable bonds is 8. The maximum Gasteiger partial charge on any atom is 0.328 e. The Balaban J connectivity index is 2.00. The minimum absolute atomic E-state index is 0.171. The number of carbonyl (C=O) groups is 2. The van der Waals surface area contributed by atoms with E-state index in [2.05, 4.69) is 10.6 Å². The number of hydrogen-bond donors (Lipinski definition) is 2. The quantitative estimate of drug-likeness (QED) is 0.689. The van der Waals surface area contributed by atoms with Gasteiger partial charge in [0.15, 0.2) is 0 Å². The first-order valence-corrected chi connectivity index (χ1v) is 9.16. The van der Waals surface area contributed by atoms with E-state index in [0.717, 1.165) is 24.9 Å². The van der Waals surface area contributed by atoms with Crippen molar-refractivity contribution in [1.82, 2.24) is 10.6 Å². The van der Waals surface area contributed by atoms with E-state index in [1.165, 1.54) is 7.11 Å². The van der Waals surface area contributed by atoms with Crippen LogP contribution in [-0.4, -0.2) is 50.8 Å². The van der Waals surface area contributed by atoms with Crippen LogP contribution in [0.15, 0.2) is 16.8 Å². The molecule has 1 aromatic heterocycles. The highest BCUT2D eigenvalue weighted by Gasteiger charge is 2.34. The molecule has 1 fully saturated rings. The largest absolute Gasteiger partial charge is 0.467 e. The molecule has 1 aliphatic heterocycles. The molecule has 134 valence electrons. The Morgan fingerprint density at radius 1 is 1.46 bits per heavy atom. The SMILES string of the molecule is COC(=O)[C@H](Cc1ccsc1)NC(=O)[C@H](C)[C@@H](OC)[C@@H]1CCCN1. The molecular formula is C17H26N2O4S. The molecule has 0 radical (unpaired) electrons. The van der Waals surface area contributed by atoms with E-state index >= 15 is 0 Å². The molecular weight excluding hydrogens is 328 g/mol. The number of ether oxygens (including phenoxy) is 2. The van der Waals surface area contributed by atoms with Gasteiger partial charge in [-0.05, 0) is 41.8 Å². The molecule has 1 amide bonds. The number of esters is 1. The Hall–Kier alpha value is -1.44. The first-order chi connectivity index (χ1) is 11.6. The van der Waals surface area contributed by atoms with E-state index in [0.29, 0.717) is 6.42 Å². The summed E-state index contributed by atoms with van der Waals surface area (Å²) < 4.78 is 10.4. The lowest BCUT2D eigenvalue weighted by molar-refractivity contribution is -0.146. The number of thiophene rings is 1. The van der Waals surface area contributed by atoms with Gasteiger partial charge in [-0.2, -0.15) is 11.3 Å². The average Bonchev–Trinajstić information content (AvgIpc) is 3.27. The fourth-order valence-corrected chi connectivity index (χ4v) is 3.82. The molecule has 0 bridgehead atoms. The molecule has 7 heteroatoms. The smallest absolute Gasteiger partial charge is 0.328 e. The molecule has 0 spiro atoms. The highest BCUT2D eigenvalue weighted by molar-refractivity contribution is 7.07. The molecule has 24 heavy (non-hydrogen) atoms. The molecule has 1 saturated heterocycles. The zero-order chi connectivity index (χ0) is 17.5. The van der Waals surface area contributed by atoms with Crippen molar-refractivity contribution in [3.8, 4) is 0 Å². The summed E-state index contributed by atoms with van der Waals surface area (Å²) in [7, 11) is 2.95. The maximum atomic E-state index is 12.6. The van der Waals surface area contributed by atoms with Crippen LogP contribution in [0.4, 0.5) is 0 Å². The molecule has 0 saturated carbocycles. The van der Waals surface area contributed by atoms with Crippen LogP contribution >= 0.6 is 11.3 Å². The van der Waals surface area contributed by atoms with Crippen molar-refractivity contribution in [2.75, 3.05) is 20.8 Å². The Labute approximate surface area is 146 Å². The van der Waals surface area contributed by atoms with Crippen molar-refractivity contribution in [2.24, 2.45) is 5.92 Å². The minimum atomic E-state index is -0.686. The summed E-state index contributed by atoms with van der Waals surface area (Å²) in [5.74, 6) is -0.990. The van der Waals surface area contributed by atoms with Gasteiger partial charge in [-0.25, -0.2) is 4.79 Å². The third-order valence-corrected chi connectivity index (χ3v) is 5.23. The van der Waals surface area contributed by atoms with Gasteiger partial charge in [-0.1, -0.05) is 6.92 Å². The fourth-order valence-electron chi connectivity index (χ4n) is 3.14. The fraction of sp³-hybridized carbons (Fsp3) is 0.647. The average molecular weight is 354 g/mol. The second kappa shape index (κ2) is 9.15. The second-order valence-electron chi connectivity index (χ2n) is 6.11. The number of amides is 1. The standard InChI is InChI=1S/C17H26N2O4S/c1-11(15(22-2)13-5-4-7-18-13)16(20)19-14(17(21)23-3)9-12-6-8-24-10-12/h6,8,10-11,13-15,18H,4-5,7,9H2,1-3H3,(H,19,20)/t11-,13+,14+,15-/m1/s1. The topological polar surface area (TPSA) is 76.7 Å². The number of methoxy groups -OCH3 is 2. The lowest BCUT2D eigenvalue weighted by Crippen LogP contribution is -2.50. The lowest BCUT2D eigenvalue weighted by atomic mass is 9.95. The third-order valence-electron chi connectivity index (χ3n) is 4.50. The van der Waals surface area contributed by atoms with Crippen molar-refractivity contribution in [2.45, 2.75) is 44.4 Å². The monoisotopic (exact) mass is 354 g/mol. The van der Waals surface area contributed by atoms with Gasteiger partial charge in [-0.15, -0.1) is 0 Å². The summed E-state index contributed by atoms with van der Waals surface area (Å²) in [6.07, 6.45) is 2.29. The molecule has 0 aromatic carbocycles. The summed E-state index contributed by atoms with van der Waals surface area (Å²) in [6.45, 7) is 2.78. The Bertz CT molecular complexity index is 529. The highest BCUT2D eigenvalue weighted by Crippen LogP contribution is 2.19. The maximum absolute atomic E-state index is 12.6. The lowest BCUT2D eigenvalue weighted by Gasteiger charge is -2.28. The molecule has 2 rings (SSSR count). The van der Waals surface area contributed by atoms with Gasteiger partial charge in [0.05, 0.1) is 19.1 Å². The zero-order valence-corrected chi connectivity index (χ0v) is 15.2. The van der Waals surface area contributed by atoms with Crippen molar-refractivity contribution in [3.05, 3.63) is 22.4 Å². The zero-order valence-electron chi connectivity index (χ0n) is 14.4. The summed E-state index contributed by atoms with van der Waals surface area (Å²) in [4.78, 5) is 24.7. The van der Waals surface area contributed by atoms with Gasteiger partial charge >= 0.3 is 5.97 Å². The van der Waals surface area contributed by atoms with E-state index in [1.54, 1.807) is 18.4 Å². The molecule has 2 heterocycles. The van der Waals surface area contributed by atoms with Crippen LogP contribution in [0.2, 0.25) is 0 Å². The molecule has 1 aromatic rings. The van der Waals surface area contributed by atoms with Gasteiger partial charge in [-0.3, -0.25) is 4.79 Å². The van der Waals surface area contributed by atoms with Gasteiger partial charge in [0.2, 0.25) is 5.91 Å². The van der Waals surface area contributed by atoms with Crippen molar-refractivity contribution >= 4 is 23.2 Å². The van der Waals surface area contributed by atoms with Crippen LogP contribution in [0.5, 0.6) is 0 Å². The summed E-state index contributed by atoms with van der Waals surface area (Å²) >= 11 is 1.56. The van der Waals surface area contributed by atoms with Crippen LogP contribution in [0.3, 0.4) is 0 Å². The Morgan fingerprint density at radius 2 is 2.25 bits per heavy atom. The van der Waals surface area contributed by atoms with Crippen LogP contribution in [0.25, 0.3) is 0 Å². The summed E-state index contributed by atoms with van der Waals surface area (Å²) in [6, 6.07) is 1.43. The predicted octanol–water partition coefficient (Wildman–Crippen LogP) is 1.35. The van der Waals surface area contributed by atoms with Crippen molar-refractivity contribution in [3.63, 3.8) is 0 Å². The van der Waals surface area contributed by atoms with E-state index in [4.69, 9.17) is 9.47 Å². The van der Waals surface area contributed by atoms with Crippen LogP contribution in [0.1, 0.15) is 25.3 Å². The Kier molecular flexibility index (Phi) is 7.20. The molecule has 2 N–H and O–H groups in total. The van der Waals surface area contributed by atoms with Crippen LogP contribution in [-0.2, 0) is 25.5 Å². The van der Waals surface area contributed by atoms with E-state index < -0.39 is 12.0 Å². The third kappa shape index (κ3) is 4.78.